The van der Waals surface area contributed by atoms with E-state index in [0.717, 1.165) is 39.0 Å². The number of aryl methyl sites for hydroxylation is 1. The average molecular weight is 351 g/mol. The number of carbonyl (C=O) groups is 1. The van der Waals surface area contributed by atoms with E-state index in [9.17, 15) is 4.79 Å². The lowest BCUT2D eigenvalue weighted by molar-refractivity contribution is -0.0927. The van der Waals surface area contributed by atoms with Gasteiger partial charge in [0.25, 0.3) is 5.91 Å². The van der Waals surface area contributed by atoms with Crippen molar-refractivity contribution in [1.82, 2.24) is 9.47 Å². The van der Waals surface area contributed by atoms with E-state index in [1.807, 2.05) is 23.3 Å². The van der Waals surface area contributed by atoms with Gasteiger partial charge < -0.3 is 14.2 Å². The van der Waals surface area contributed by atoms with Gasteiger partial charge in [0, 0.05) is 37.6 Å². The second-order valence-electron chi connectivity index (χ2n) is 6.30. The molecule has 4 nitrogen and oxygen atoms in total. The zero-order valence-corrected chi connectivity index (χ0v) is 14.6. The summed E-state index contributed by atoms with van der Waals surface area (Å²) in [5, 5.41) is 2.76. The standard InChI is InChI=1S/C17H19ClN2O2S/c1-19-11-12(18)10-14(19)16(21)20-6-4-17(5-7-20)13-3-9-23-15(13)2-8-22-17/h3,9-11H,2,4-8H2,1H3. The lowest BCUT2D eigenvalue weighted by Crippen LogP contribution is -2.48. The van der Waals surface area contributed by atoms with Crippen LogP contribution in [0, 0.1) is 0 Å². The maximum absolute atomic E-state index is 12.7. The van der Waals surface area contributed by atoms with Crippen molar-refractivity contribution in [2.24, 2.45) is 7.05 Å². The first kappa shape index (κ1) is 15.2. The molecule has 1 fully saturated rings. The van der Waals surface area contributed by atoms with Gasteiger partial charge in [0.1, 0.15) is 5.69 Å². The molecule has 6 heteroatoms. The van der Waals surface area contributed by atoms with Crippen molar-refractivity contribution in [2.75, 3.05) is 19.7 Å². The maximum atomic E-state index is 12.7. The van der Waals surface area contributed by atoms with Crippen molar-refractivity contribution in [1.29, 1.82) is 0 Å². The molecule has 0 atom stereocenters. The molecule has 0 bridgehead atoms. The van der Waals surface area contributed by atoms with Crippen LogP contribution in [0.5, 0.6) is 0 Å². The van der Waals surface area contributed by atoms with E-state index in [1.54, 1.807) is 16.8 Å². The van der Waals surface area contributed by atoms with Crippen LogP contribution in [0.1, 0.15) is 33.8 Å². The third kappa shape index (κ3) is 2.51. The van der Waals surface area contributed by atoms with Gasteiger partial charge in [-0.15, -0.1) is 11.3 Å². The van der Waals surface area contributed by atoms with E-state index in [-0.39, 0.29) is 11.5 Å². The smallest absolute Gasteiger partial charge is 0.270 e. The van der Waals surface area contributed by atoms with Crippen LogP contribution < -0.4 is 0 Å². The Morgan fingerprint density at radius 1 is 1.39 bits per heavy atom. The first-order valence-electron chi connectivity index (χ1n) is 7.91. The molecule has 2 aliphatic rings. The third-order valence-corrected chi connectivity index (χ3v) is 6.18. The highest BCUT2D eigenvalue weighted by atomic mass is 35.5. The number of aromatic nitrogens is 1. The molecule has 0 radical (unpaired) electrons. The van der Waals surface area contributed by atoms with Gasteiger partial charge in [0.2, 0.25) is 0 Å². The Morgan fingerprint density at radius 3 is 2.87 bits per heavy atom. The summed E-state index contributed by atoms with van der Waals surface area (Å²) in [6.45, 7) is 2.22. The number of hydrogen-bond donors (Lipinski definition) is 0. The summed E-state index contributed by atoms with van der Waals surface area (Å²) >= 11 is 7.82. The monoisotopic (exact) mass is 350 g/mol. The molecule has 0 saturated carbocycles. The minimum atomic E-state index is -0.184. The van der Waals surface area contributed by atoms with Crippen LogP contribution in [-0.2, 0) is 23.8 Å². The van der Waals surface area contributed by atoms with Crippen molar-refractivity contribution < 1.29 is 9.53 Å². The summed E-state index contributed by atoms with van der Waals surface area (Å²) in [7, 11) is 1.85. The molecule has 2 aromatic rings. The molecule has 1 saturated heterocycles. The normalized spacial score (nSPS) is 19.8. The highest BCUT2D eigenvalue weighted by molar-refractivity contribution is 7.10. The molecule has 0 aromatic carbocycles. The minimum absolute atomic E-state index is 0.0515. The number of likely N-dealkylation sites (tertiary alicyclic amines) is 1. The van der Waals surface area contributed by atoms with E-state index in [1.165, 1.54) is 10.4 Å². The molecule has 122 valence electrons. The number of rotatable bonds is 1. The summed E-state index contributed by atoms with van der Waals surface area (Å²) in [6.07, 6.45) is 4.50. The Kier molecular flexibility index (Phi) is 3.75. The van der Waals surface area contributed by atoms with Gasteiger partial charge in [-0.05, 0) is 35.9 Å². The highest BCUT2D eigenvalue weighted by Crippen LogP contribution is 2.43. The van der Waals surface area contributed by atoms with Gasteiger partial charge in [-0.25, -0.2) is 0 Å². The Hall–Kier alpha value is -1.30. The minimum Gasteiger partial charge on any atom is -0.370 e. The van der Waals surface area contributed by atoms with E-state index in [0.29, 0.717) is 10.7 Å². The molecule has 1 amide bonds. The van der Waals surface area contributed by atoms with E-state index >= 15 is 0 Å². The van der Waals surface area contributed by atoms with E-state index in [2.05, 4.69) is 11.4 Å². The maximum Gasteiger partial charge on any atom is 0.270 e. The summed E-state index contributed by atoms with van der Waals surface area (Å²) in [5.74, 6) is 0.0515. The molecule has 2 aromatic heterocycles. The van der Waals surface area contributed by atoms with Crippen LogP contribution >= 0.6 is 22.9 Å². The Labute approximate surface area is 144 Å². The topological polar surface area (TPSA) is 34.5 Å². The largest absolute Gasteiger partial charge is 0.370 e. The van der Waals surface area contributed by atoms with Crippen LogP contribution in [0.3, 0.4) is 0 Å². The molecule has 0 N–H and O–H groups in total. The first-order chi connectivity index (χ1) is 11.1. The van der Waals surface area contributed by atoms with Gasteiger partial charge in [-0.2, -0.15) is 0 Å². The van der Waals surface area contributed by atoms with Crippen molar-refractivity contribution in [3.8, 4) is 0 Å². The summed E-state index contributed by atoms with van der Waals surface area (Å²) < 4.78 is 7.99. The van der Waals surface area contributed by atoms with Gasteiger partial charge in [0.05, 0.1) is 17.2 Å². The fourth-order valence-electron chi connectivity index (χ4n) is 3.74. The van der Waals surface area contributed by atoms with Crippen LogP contribution in [0.25, 0.3) is 0 Å². The first-order valence-corrected chi connectivity index (χ1v) is 9.17. The zero-order valence-electron chi connectivity index (χ0n) is 13.0. The van der Waals surface area contributed by atoms with Gasteiger partial charge in [0.15, 0.2) is 0 Å². The molecule has 4 heterocycles. The van der Waals surface area contributed by atoms with Crippen LogP contribution in [-0.4, -0.2) is 35.1 Å². The number of thiophene rings is 1. The number of carbonyl (C=O) groups excluding carboxylic acids is 1. The summed E-state index contributed by atoms with van der Waals surface area (Å²) in [6, 6.07) is 3.94. The SMILES string of the molecule is Cn1cc(Cl)cc1C(=O)N1CCC2(CC1)OCCc1sccc12. The van der Waals surface area contributed by atoms with Crippen molar-refractivity contribution in [3.05, 3.63) is 44.9 Å². The number of nitrogens with zero attached hydrogens (tertiary/aromatic N) is 2. The molecule has 2 aliphatic heterocycles. The summed E-state index contributed by atoms with van der Waals surface area (Å²) in [5.41, 5.74) is 1.81. The predicted octanol–water partition coefficient (Wildman–Crippen LogP) is 3.44. The Morgan fingerprint density at radius 2 is 2.17 bits per heavy atom. The van der Waals surface area contributed by atoms with Crippen LogP contribution in [0.15, 0.2) is 23.7 Å². The van der Waals surface area contributed by atoms with Crippen LogP contribution in [0.4, 0.5) is 0 Å². The quantitative estimate of drug-likeness (QED) is 0.789. The highest BCUT2D eigenvalue weighted by Gasteiger charge is 2.42. The van der Waals surface area contributed by atoms with Gasteiger partial charge >= 0.3 is 0 Å². The third-order valence-electron chi connectivity index (χ3n) is 4.99. The Balaban J connectivity index is 1.52. The number of piperidine rings is 1. The molecule has 23 heavy (non-hydrogen) atoms. The number of halogens is 1. The molecule has 0 aliphatic carbocycles. The van der Waals surface area contributed by atoms with Crippen molar-refractivity contribution >= 4 is 28.8 Å². The number of ether oxygens (including phenoxy) is 1. The second-order valence-corrected chi connectivity index (χ2v) is 7.73. The van der Waals surface area contributed by atoms with E-state index < -0.39 is 0 Å². The predicted molar refractivity (Wildman–Crippen MR) is 91.2 cm³/mol. The molecular weight excluding hydrogens is 332 g/mol. The van der Waals surface area contributed by atoms with Crippen molar-refractivity contribution in [3.63, 3.8) is 0 Å². The number of fused-ring (bicyclic) bond motifs is 2. The fourth-order valence-corrected chi connectivity index (χ4v) is 4.94. The molecular formula is C17H19ClN2O2S. The lowest BCUT2D eigenvalue weighted by Gasteiger charge is -2.44. The molecule has 4 rings (SSSR count). The van der Waals surface area contributed by atoms with Crippen LogP contribution in [0.2, 0.25) is 5.02 Å². The lowest BCUT2D eigenvalue weighted by atomic mass is 9.82. The van der Waals surface area contributed by atoms with Gasteiger partial charge in [-0.3, -0.25) is 4.79 Å². The number of hydrogen-bond acceptors (Lipinski definition) is 3. The molecule has 0 unspecified atom stereocenters. The molecule has 1 spiro atoms. The fraction of sp³-hybridized carbons (Fsp3) is 0.471. The Bertz CT molecular complexity index is 744. The zero-order chi connectivity index (χ0) is 16.0. The van der Waals surface area contributed by atoms with Crippen molar-refractivity contribution in [2.45, 2.75) is 24.9 Å². The van der Waals surface area contributed by atoms with E-state index in [4.69, 9.17) is 16.3 Å². The second kappa shape index (κ2) is 5.65. The average Bonchev–Trinajstić information content (AvgIpc) is 3.15. The summed E-state index contributed by atoms with van der Waals surface area (Å²) in [4.78, 5) is 16.1. The van der Waals surface area contributed by atoms with Gasteiger partial charge in [-0.1, -0.05) is 11.6 Å². The number of amides is 1.